The van der Waals surface area contributed by atoms with Crippen molar-refractivity contribution in [2.45, 2.75) is 39.5 Å². The van der Waals surface area contributed by atoms with Crippen molar-refractivity contribution >= 4 is 33.5 Å². The molecule has 0 radical (unpaired) electrons. The Balaban J connectivity index is 1.83. The Labute approximate surface area is 187 Å². The molecule has 7 nitrogen and oxygen atoms in total. The van der Waals surface area contributed by atoms with Gasteiger partial charge in [0.2, 0.25) is 5.95 Å². The van der Waals surface area contributed by atoms with Crippen molar-refractivity contribution in [3.8, 4) is 11.5 Å². The summed E-state index contributed by atoms with van der Waals surface area (Å²) in [5, 5.41) is 15.3. The molecule has 0 aliphatic rings. The molecule has 3 aromatic rings. The van der Waals surface area contributed by atoms with Gasteiger partial charge in [-0.25, -0.2) is 9.07 Å². The summed E-state index contributed by atoms with van der Waals surface area (Å²) >= 11 is 9.69. The van der Waals surface area contributed by atoms with Crippen LogP contribution in [0.3, 0.4) is 0 Å². The monoisotopic (exact) mass is 497 g/mol. The Morgan fingerprint density at radius 3 is 2.80 bits per heavy atom. The van der Waals surface area contributed by atoms with Gasteiger partial charge < -0.3 is 14.8 Å². The average Bonchev–Trinajstić information content (AvgIpc) is 3.18. The molecule has 1 heterocycles. The minimum absolute atomic E-state index is 0.0421. The zero-order chi connectivity index (χ0) is 21.5. The maximum Gasteiger partial charge on any atom is 0.243 e. The fourth-order valence-electron chi connectivity index (χ4n) is 2.84. The number of rotatable bonds is 10. The van der Waals surface area contributed by atoms with Gasteiger partial charge in [-0.1, -0.05) is 52.0 Å². The summed E-state index contributed by atoms with van der Waals surface area (Å²) in [4.78, 5) is 0. The third-order valence-electron chi connectivity index (χ3n) is 4.49. The van der Waals surface area contributed by atoms with Gasteiger partial charge >= 0.3 is 0 Å². The first-order valence-electron chi connectivity index (χ1n) is 9.46. The Morgan fingerprint density at radius 1 is 1.23 bits per heavy atom. The number of anilines is 1. The molecule has 160 valence electrons. The summed E-state index contributed by atoms with van der Waals surface area (Å²) in [5.74, 6) is 1.13. The Hall–Kier alpha value is -2.39. The molecule has 3 rings (SSSR count). The first-order chi connectivity index (χ1) is 14.5. The second-order valence-electron chi connectivity index (χ2n) is 6.48. The van der Waals surface area contributed by atoms with Gasteiger partial charge in [-0.05, 0) is 41.1 Å². The molecule has 0 saturated heterocycles. The highest BCUT2D eigenvalue weighted by molar-refractivity contribution is 9.10. The maximum atomic E-state index is 14.2. The molecule has 30 heavy (non-hydrogen) atoms. The van der Waals surface area contributed by atoms with Gasteiger partial charge in [0, 0.05) is 28.7 Å². The number of methoxy groups -OCH3 is 1. The molecule has 0 unspecified atom stereocenters. The Bertz CT molecular complexity index is 981. The molecule has 0 atom stereocenters. The summed E-state index contributed by atoms with van der Waals surface area (Å²) < 4.78 is 28.1. The van der Waals surface area contributed by atoms with Crippen LogP contribution in [0.2, 0.25) is 5.02 Å². The molecular weight excluding hydrogens is 477 g/mol. The van der Waals surface area contributed by atoms with Crippen molar-refractivity contribution in [1.82, 2.24) is 20.2 Å². The molecule has 0 spiro atoms. The lowest BCUT2D eigenvalue weighted by Crippen LogP contribution is -2.11. The van der Waals surface area contributed by atoms with Crippen molar-refractivity contribution in [2.24, 2.45) is 0 Å². The van der Waals surface area contributed by atoms with Crippen LogP contribution in [-0.4, -0.2) is 27.3 Å². The molecule has 1 N–H and O–H groups in total. The lowest BCUT2D eigenvalue weighted by molar-refractivity contribution is 0.277. The summed E-state index contributed by atoms with van der Waals surface area (Å²) in [6, 6.07) is 8.16. The normalized spacial score (nSPS) is 10.8. The molecule has 2 aromatic carbocycles. The molecule has 0 aliphatic heterocycles. The van der Waals surface area contributed by atoms with E-state index in [0.29, 0.717) is 29.0 Å². The van der Waals surface area contributed by atoms with Gasteiger partial charge in [0.05, 0.1) is 12.1 Å². The zero-order valence-electron chi connectivity index (χ0n) is 16.7. The van der Waals surface area contributed by atoms with Crippen molar-refractivity contribution in [2.75, 3.05) is 12.4 Å². The molecule has 1 aromatic heterocycles. The summed E-state index contributed by atoms with van der Waals surface area (Å²) in [6.45, 7) is 3.15. The van der Waals surface area contributed by atoms with Gasteiger partial charge in [0.25, 0.3) is 0 Å². The van der Waals surface area contributed by atoms with Gasteiger partial charge in [0.15, 0.2) is 11.5 Å². The van der Waals surface area contributed by atoms with E-state index in [1.807, 2.05) is 6.07 Å². The predicted molar refractivity (Wildman–Crippen MR) is 116 cm³/mol. The highest BCUT2D eigenvalue weighted by Gasteiger charge is 2.17. The smallest absolute Gasteiger partial charge is 0.243 e. The number of ether oxygens (including phenoxy) is 2. The second kappa shape index (κ2) is 10.6. The number of hydrogen-bond acceptors (Lipinski definition) is 6. The van der Waals surface area contributed by atoms with Crippen molar-refractivity contribution in [3.63, 3.8) is 0 Å². The fourth-order valence-corrected chi connectivity index (χ4v) is 3.51. The molecule has 0 bridgehead atoms. The van der Waals surface area contributed by atoms with Crippen LogP contribution >= 0.6 is 27.5 Å². The first kappa shape index (κ1) is 22.3. The maximum absolute atomic E-state index is 14.2. The largest absolute Gasteiger partial charge is 0.493 e. The number of aromatic nitrogens is 4. The number of tetrazole rings is 1. The number of nitrogens with one attached hydrogen (secondary N) is 1. The molecular formula is C20H22BrClFN5O2. The van der Waals surface area contributed by atoms with Crippen LogP contribution in [-0.2, 0) is 19.7 Å². The number of unbranched alkanes of at least 4 members (excludes halogenated alkanes) is 1. The third-order valence-corrected chi connectivity index (χ3v) is 5.59. The highest BCUT2D eigenvalue weighted by atomic mass is 79.9. The van der Waals surface area contributed by atoms with E-state index in [-0.39, 0.29) is 12.2 Å². The third kappa shape index (κ3) is 5.20. The standard InChI is InChI=1S/C20H22BrClFN5O2/c1-3-4-10-28-20(25-26-27-28)24-11-13-15(21)8-9-18(29-2)19(13)30-12-14-16(22)6-5-7-17(14)23/h5-9H,3-4,10-12H2,1-2H3,(H,24,25,27). The number of hydrogen-bond donors (Lipinski definition) is 1. The van der Waals surface area contributed by atoms with E-state index in [1.54, 1.807) is 30.0 Å². The fraction of sp³-hybridized carbons (Fsp3) is 0.350. The van der Waals surface area contributed by atoms with Crippen LogP contribution in [0.1, 0.15) is 30.9 Å². The second-order valence-corrected chi connectivity index (χ2v) is 7.74. The highest BCUT2D eigenvalue weighted by Crippen LogP contribution is 2.37. The van der Waals surface area contributed by atoms with Crippen molar-refractivity contribution in [3.05, 3.63) is 56.8 Å². The van der Waals surface area contributed by atoms with Crippen LogP contribution in [0.15, 0.2) is 34.8 Å². The molecule has 0 aliphatic carbocycles. The Morgan fingerprint density at radius 2 is 2.07 bits per heavy atom. The predicted octanol–water partition coefficient (Wildman–Crippen LogP) is 5.23. The number of halogens is 3. The SMILES string of the molecule is CCCCn1nnnc1NCc1c(Br)ccc(OC)c1OCc1c(F)cccc1Cl. The average molecular weight is 499 g/mol. The molecule has 0 saturated carbocycles. The van der Waals surface area contributed by atoms with Gasteiger partial charge in [-0.2, -0.15) is 0 Å². The van der Waals surface area contributed by atoms with Crippen molar-refractivity contribution in [1.29, 1.82) is 0 Å². The summed E-state index contributed by atoms with van der Waals surface area (Å²) in [7, 11) is 1.55. The number of benzene rings is 2. The van der Waals surface area contributed by atoms with Crippen molar-refractivity contribution < 1.29 is 13.9 Å². The number of aryl methyl sites for hydroxylation is 1. The van der Waals surface area contributed by atoms with E-state index in [9.17, 15) is 4.39 Å². The number of nitrogens with zero attached hydrogens (tertiary/aromatic N) is 4. The van der Waals surface area contributed by atoms with Crippen LogP contribution in [0.4, 0.5) is 10.3 Å². The first-order valence-corrected chi connectivity index (χ1v) is 10.6. The molecule has 10 heteroatoms. The van der Waals surface area contributed by atoms with E-state index in [4.69, 9.17) is 21.1 Å². The van der Waals surface area contributed by atoms with Gasteiger partial charge in [-0.15, -0.1) is 0 Å². The van der Waals surface area contributed by atoms with E-state index >= 15 is 0 Å². The van der Waals surface area contributed by atoms with Gasteiger partial charge in [0.1, 0.15) is 12.4 Å². The van der Waals surface area contributed by atoms with E-state index in [2.05, 4.69) is 43.7 Å². The lowest BCUT2D eigenvalue weighted by Gasteiger charge is -2.18. The van der Waals surface area contributed by atoms with Crippen LogP contribution < -0.4 is 14.8 Å². The van der Waals surface area contributed by atoms with Crippen LogP contribution in [0, 0.1) is 5.82 Å². The zero-order valence-corrected chi connectivity index (χ0v) is 19.0. The van der Waals surface area contributed by atoms with E-state index in [1.165, 1.54) is 6.07 Å². The minimum atomic E-state index is -0.425. The van der Waals surface area contributed by atoms with E-state index in [0.717, 1.165) is 29.4 Å². The van der Waals surface area contributed by atoms with Gasteiger partial charge in [-0.3, -0.25) is 0 Å². The minimum Gasteiger partial charge on any atom is -0.493 e. The lowest BCUT2D eigenvalue weighted by atomic mass is 10.1. The van der Waals surface area contributed by atoms with Crippen LogP contribution in [0.25, 0.3) is 0 Å². The molecule has 0 amide bonds. The quantitative estimate of drug-likeness (QED) is 0.413. The summed E-state index contributed by atoms with van der Waals surface area (Å²) in [6.07, 6.45) is 2.01. The van der Waals surface area contributed by atoms with E-state index < -0.39 is 5.82 Å². The topological polar surface area (TPSA) is 74.1 Å². The summed E-state index contributed by atoms with van der Waals surface area (Å²) in [5.41, 5.74) is 1.07. The Kier molecular flexibility index (Phi) is 7.87. The van der Waals surface area contributed by atoms with Crippen LogP contribution in [0.5, 0.6) is 11.5 Å². The molecule has 0 fully saturated rings.